The van der Waals surface area contributed by atoms with Gasteiger partial charge < -0.3 is 5.32 Å². The number of carbonyl (C=O) groups excluding carboxylic acids is 1. The fourth-order valence-electron chi connectivity index (χ4n) is 3.06. The van der Waals surface area contributed by atoms with Crippen LogP contribution in [0.25, 0.3) is 0 Å². The Hall–Kier alpha value is -1.02. The van der Waals surface area contributed by atoms with Gasteiger partial charge in [-0.25, -0.2) is 0 Å². The van der Waals surface area contributed by atoms with Crippen molar-refractivity contribution in [3.05, 3.63) is 29.3 Å². The first-order chi connectivity index (χ1) is 10.2. The minimum Gasteiger partial charge on any atom is -0.326 e. The summed E-state index contributed by atoms with van der Waals surface area (Å²) < 4.78 is 0. The van der Waals surface area contributed by atoms with Gasteiger partial charge in [0, 0.05) is 12.1 Å². The Morgan fingerprint density at radius 1 is 1.29 bits per heavy atom. The first kappa shape index (κ1) is 16.4. The third-order valence-electron chi connectivity index (χ3n) is 4.44. The predicted octanol–water partition coefficient (Wildman–Crippen LogP) is 5.46. The molecule has 21 heavy (non-hydrogen) atoms. The van der Waals surface area contributed by atoms with Crippen molar-refractivity contribution in [2.45, 2.75) is 64.2 Å². The number of halogens is 1. The van der Waals surface area contributed by atoms with E-state index in [-0.39, 0.29) is 11.3 Å². The van der Waals surface area contributed by atoms with Crippen LogP contribution < -0.4 is 5.32 Å². The van der Waals surface area contributed by atoms with Crippen molar-refractivity contribution >= 4 is 23.2 Å². The molecule has 1 heterocycles. The van der Waals surface area contributed by atoms with Crippen molar-refractivity contribution in [3.8, 4) is 0 Å². The molecule has 0 saturated carbocycles. The number of hydrogen-bond donors (Lipinski definition) is 1. The largest absolute Gasteiger partial charge is 0.326 e. The van der Waals surface area contributed by atoms with E-state index in [0.29, 0.717) is 12.3 Å². The molecular formula is C18H26ClNO. The Balaban J connectivity index is 2.16. The van der Waals surface area contributed by atoms with Gasteiger partial charge in [-0.1, -0.05) is 45.2 Å². The summed E-state index contributed by atoms with van der Waals surface area (Å²) in [6.07, 6.45) is 7.25. The minimum atomic E-state index is 0.0748. The zero-order valence-corrected chi connectivity index (χ0v) is 13.9. The fourth-order valence-corrected chi connectivity index (χ4v) is 3.50. The summed E-state index contributed by atoms with van der Waals surface area (Å²) >= 11 is 6.73. The molecule has 0 saturated heterocycles. The van der Waals surface area contributed by atoms with Crippen LogP contribution in [0.4, 0.5) is 5.69 Å². The predicted molar refractivity (Wildman–Crippen MR) is 89.9 cm³/mol. The molecule has 1 N–H and O–H groups in total. The van der Waals surface area contributed by atoms with Crippen molar-refractivity contribution in [2.75, 3.05) is 5.32 Å². The topological polar surface area (TPSA) is 29.1 Å². The second-order valence-electron chi connectivity index (χ2n) is 6.03. The summed E-state index contributed by atoms with van der Waals surface area (Å²) in [6, 6.07) is 6.31. The monoisotopic (exact) mass is 307 g/mol. The van der Waals surface area contributed by atoms with Crippen LogP contribution in [0.5, 0.6) is 0 Å². The van der Waals surface area contributed by atoms with Crippen LogP contribution in [0, 0.1) is 5.92 Å². The normalized spacial score (nSPS) is 17.6. The highest BCUT2D eigenvalue weighted by Crippen LogP contribution is 2.36. The first-order valence-electron chi connectivity index (χ1n) is 8.22. The SMILES string of the molecule is CCCCC(CC)C(Cl)c1ccc2c(c1)CCCC(=O)N2. The molecule has 1 amide bonds. The third-order valence-corrected chi connectivity index (χ3v) is 5.05. The second-order valence-corrected chi connectivity index (χ2v) is 6.50. The van der Waals surface area contributed by atoms with Crippen molar-refractivity contribution in [3.63, 3.8) is 0 Å². The van der Waals surface area contributed by atoms with E-state index >= 15 is 0 Å². The average Bonchev–Trinajstić information content (AvgIpc) is 2.67. The molecule has 1 aliphatic heterocycles. The number of carbonyl (C=O) groups is 1. The number of rotatable bonds is 6. The van der Waals surface area contributed by atoms with E-state index in [4.69, 9.17) is 11.6 Å². The molecule has 0 aliphatic carbocycles. The Morgan fingerprint density at radius 2 is 2.10 bits per heavy atom. The maximum Gasteiger partial charge on any atom is 0.224 e. The summed E-state index contributed by atoms with van der Waals surface area (Å²) in [6.45, 7) is 4.44. The Labute approximate surface area is 133 Å². The van der Waals surface area contributed by atoms with Gasteiger partial charge >= 0.3 is 0 Å². The number of amides is 1. The van der Waals surface area contributed by atoms with E-state index in [1.54, 1.807) is 0 Å². The van der Waals surface area contributed by atoms with E-state index in [2.05, 4.69) is 31.3 Å². The van der Waals surface area contributed by atoms with Crippen molar-refractivity contribution < 1.29 is 4.79 Å². The quantitative estimate of drug-likeness (QED) is 0.695. The van der Waals surface area contributed by atoms with Crippen LogP contribution in [0.3, 0.4) is 0 Å². The summed E-state index contributed by atoms with van der Waals surface area (Å²) in [5.74, 6) is 0.656. The van der Waals surface area contributed by atoms with E-state index in [0.717, 1.165) is 24.9 Å². The number of benzene rings is 1. The Kier molecular flexibility index (Phi) is 6.10. The number of nitrogens with one attached hydrogen (secondary N) is 1. The lowest BCUT2D eigenvalue weighted by Crippen LogP contribution is -2.10. The summed E-state index contributed by atoms with van der Waals surface area (Å²) in [5.41, 5.74) is 3.40. The van der Waals surface area contributed by atoms with Gasteiger partial charge in [0.05, 0.1) is 5.38 Å². The van der Waals surface area contributed by atoms with Gasteiger partial charge in [-0.15, -0.1) is 11.6 Å². The molecular weight excluding hydrogens is 282 g/mol. The van der Waals surface area contributed by atoms with Gasteiger partial charge in [0.25, 0.3) is 0 Å². The van der Waals surface area contributed by atoms with E-state index in [1.165, 1.54) is 30.4 Å². The van der Waals surface area contributed by atoms with E-state index < -0.39 is 0 Å². The van der Waals surface area contributed by atoms with Crippen molar-refractivity contribution in [1.82, 2.24) is 0 Å². The highest BCUT2D eigenvalue weighted by molar-refractivity contribution is 6.21. The lowest BCUT2D eigenvalue weighted by molar-refractivity contribution is -0.116. The first-order valence-corrected chi connectivity index (χ1v) is 8.66. The molecule has 2 nitrogen and oxygen atoms in total. The minimum absolute atomic E-state index is 0.0748. The van der Waals surface area contributed by atoms with Crippen LogP contribution in [0.2, 0.25) is 0 Å². The lowest BCUT2D eigenvalue weighted by Gasteiger charge is -2.22. The lowest BCUT2D eigenvalue weighted by atomic mass is 9.90. The highest BCUT2D eigenvalue weighted by Gasteiger charge is 2.21. The molecule has 0 spiro atoms. The van der Waals surface area contributed by atoms with Crippen molar-refractivity contribution in [1.29, 1.82) is 0 Å². The zero-order chi connectivity index (χ0) is 15.2. The zero-order valence-electron chi connectivity index (χ0n) is 13.1. The molecule has 2 unspecified atom stereocenters. The van der Waals surface area contributed by atoms with Gasteiger partial charge in [-0.3, -0.25) is 4.79 Å². The number of unbranched alkanes of at least 4 members (excludes halogenated alkanes) is 1. The fraction of sp³-hybridized carbons (Fsp3) is 0.611. The Morgan fingerprint density at radius 3 is 2.81 bits per heavy atom. The van der Waals surface area contributed by atoms with Crippen LogP contribution in [0.1, 0.15) is 68.9 Å². The summed E-state index contributed by atoms with van der Waals surface area (Å²) in [7, 11) is 0. The molecule has 0 fully saturated rings. The van der Waals surface area contributed by atoms with Crippen LogP contribution in [0.15, 0.2) is 18.2 Å². The van der Waals surface area contributed by atoms with Crippen LogP contribution >= 0.6 is 11.6 Å². The molecule has 1 aliphatic rings. The molecule has 1 aromatic carbocycles. The Bertz CT molecular complexity index is 486. The number of alkyl halides is 1. The van der Waals surface area contributed by atoms with Crippen LogP contribution in [-0.4, -0.2) is 5.91 Å². The highest BCUT2D eigenvalue weighted by atomic mass is 35.5. The standard InChI is InChI=1S/C18H26ClNO/c1-3-5-7-13(4-2)18(19)15-10-11-16-14(12-15)8-6-9-17(21)20-16/h10-13,18H,3-9H2,1-2H3,(H,20,21). The molecule has 0 radical (unpaired) electrons. The van der Waals surface area contributed by atoms with Gasteiger partial charge in [0.1, 0.15) is 0 Å². The third kappa shape index (κ3) is 4.23. The van der Waals surface area contributed by atoms with Crippen LogP contribution in [-0.2, 0) is 11.2 Å². The second kappa shape index (κ2) is 7.84. The number of fused-ring (bicyclic) bond motifs is 1. The van der Waals surface area contributed by atoms with Crippen molar-refractivity contribution in [2.24, 2.45) is 5.92 Å². The average molecular weight is 308 g/mol. The molecule has 3 heteroatoms. The molecule has 2 rings (SSSR count). The van der Waals surface area contributed by atoms with E-state index in [9.17, 15) is 4.79 Å². The van der Waals surface area contributed by atoms with Gasteiger partial charge in [0.15, 0.2) is 0 Å². The van der Waals surface area contributed by atoms with Gasteiger partial charge in [-0.05, 0) is 42.4 Å². The number of hydrogen-bond acceptors (Lipinski definition) is 1. The molecule has 2 atom stereocenters. The van der Waals surface area contributed by atoms with E-state index in [1.807, 2.05) is 6.07 Å². The van der Waals surface area contributed by atoms with Gasteiger partial charge in [0.2, 0.25) is 5.91 Å². The maximum atomic E-state index is 11.6. The number of anilines is 1. The molecule has 0 bridgehead atoms. The molecule has 0 aromatic heterocycles. The van der Waals surface area contributed by atoms with Gasteiger partial charge in [-0.2, -0.15) is 0 Å². The molecule has 116 valence electrons. The maximum absolute atomic E-state index is 11.6. The summed E-state index contributed by atoms with van der Waals surface area (Å²) in [5, 5.41) is 3.06. The smallest absolute Gasteiger partial charge is 0.224 e. The molecule has 1 aromatic rings. The number of aryl methyl sites for hydroxylation is 1. The summed E-state index contributed by atoms with van der Waals surface area (Å²) in [4.78, 5) is 11.6.